The van der Waals surface area contributed by atoms with E-state index in [1.54, 1.807) is 24.7 Å². The maximum absolute atomic E-state index is 4.74. The first-order chi connectivity index (χ1) is 8.90. The van der Waals surface area contributed by atoms with Crippen molar-refractivity contribution in [2.24, 2.45) is 5.16 Å². The lowest BCUT2D eigenvalue weighted by Crippen LogP contribution is -1.81. The average molecular weight is 256 g/mol. The highest BCUT2D eigenvalue weighted by atomic mass is 32.1. The Bertz CT molecular complexity index is 696. The van der Waals surface area contributed by atoms with Gasteiger partial charge in [-0.3, -0.25) is 0 Å². The van der Waals surface area contributed by atoms with Gasteiger partial charge in [-0.2, -0.15) is 0 Å². The molecule has 0 unspecified atom stereocenters. The summed E-state index contributed by atoms with van der Waals surface area (Å²) in [6.45, 7) is 0. The van der Waals surface area contributed by atoms with E-state index in [2.05, 4.69) is 39.8 Å². The van der Waals surface area contributed by atoms with Gasteiger partial charge in [-0.25, -0.2) is 0 Å². The monoisotopic (exact) mass is 256 g/mol. The van der Waals surface area contributed by atoms with Gasteiger partial charge in [0.1, 0.15) is 7.11 Å². The largest absolute Gasteiger partial charge is 0.399 e. The standard InChI is InChI=1S/C14H12N2OS/c1-17-16-9-14-11(6-7-18-14)12-8-15-13-5-3-2-4-10(12)13/h2-9,15H,1H3/b16-9+. The molecule has 2 aromatic heterocycles. The number of para-hydroxylation sites is 1. The number of hydrogen-bond donors (Lipinski definition) is 1. The molecule has 1 N–H and O–H groups in total. The van der Waals surface area contributed by atoms with Crippen molar-refractivity contribution in [2.45, 2.75) is 0 Å². The number of aromatic amines is 1. The van der Waals surface area contributed by atoms with Crippen LogP contribution in [0, 0.1) is 0 Å². The van der Waals surface area contributed by atoms with E-state index in [1.807, 2.05) is 12.3 Å². The highest BCUT2D eigenvalue weighted by Crippen LogP contribution is 2.32. The lowest BCUT2D eigenvalue weighted by atomic mass is 10.1. The summed E-state index contributed by atoms with van der Waals surface area (Å²) >= 11 is 1.65. The van der Waals surface area contributed by atoms with Crippen LogP contribution in [0.3, 0.4) is 0 Å². The van der Waals surface area contributed by atoms with E-state index in [4.69, 9.17) is 4.84 Å². The van der Waals surface area contributed by atoms with E-state index >= 15 is 0 Å². The van der Waals surface area contributed by atoms with Crippen LogP contribution in [0.4, 0.5) is 0 Å². The maximum Gasteiger partial charge on any atom is 0.106 e. The number of hydrogen-bond acceptors (Lipinski definition) is 3. The topological polar surface area (TPSA) is 37.4 Å². The summed E-state index contributed by atoms with van der Waals surface area (Å²) in [6.07, 6.45) is 3.79. The Labute approximate surface area is 109 Å². The second kappa shape index (κ2) is 4.66. The zero-order valence-electron chi connectivity index (χ0n) is 9.88. The Kier molecular flexibility index (Phi) is 2.86. The molecule has 0 radical (unpaired) electrons. The molecule has 0 saturated heterocycles. The molecule has 1 aromatic carbocycles. The van der Waals surface area contributed by atoms with Crippen LogP contribution in [0.1, 0.15) is 4.88 Å². The number of H-pyrrole nitrogens is 1. The van der Waals surface area contributed by atoms with Crippen LogP contribution in [0.5, 0.6) is 0 Å². The number of fused-ring (bicyclic) bond motifs is 1. The minimum atomic E-state index is 1.10. The molecule has 0 aliphatic heterocycles. The molecule has 0 spiro atoms. The van der Waals surface area contributed by atoms with Gasteiger partial charge in [0.2, 0.25) is 0 Å². The number of oxime groups is 1. The summed E-state index contributed by atoms with van der Waals surface area (Å²) in [5, 5.41) is 7.13. The number of nitrogens with zero attached hydrogens (tertiary/aromatic N) is 1. The van der Waals surface area contributed by atoms with Crippen molar-refractivity contribution >= 4 is 28.5 Å². The van der Waals surface area contributed by atoms with Crippen molar-refractivity contribution in [1.29, 1.82) is 0 Å². The SMILES string of the molecule is CO/N=C/c1sccc1-c1c[nH]c2ccccc12. The Morgan fingerprint density at radius 2 is 2.11 bits per heavy atom. The van der Waals surface area contributed by atoms with Gasteiger partial charge in [0.05, 0.1) is 11.1 Å². The van der Waals surface area contributed by atoms with Crippen molar-refractivity contribution in [3.05, 3.63) is 46.8 Å². The summed E-state index contributed by atoms with van der Waals surface area (Å²) in [6, 6.07) is 10.4. The zero-order valence-corrected chi connectivity index (χ0v) is 10.7. The van der Waals surface area contributed by atoms with Crippen LogP contribution in [-0.2, 0) is 4.84 Å². The van der Waals surface area contributed by atoms with Crippen molar-refractivity contribution in [2.75, 3.05) is 7.11 Å². The smallest absolute Gasteiger partial charge is 0.106 e. The molecule has 0 aliphatic rings. The van der Waals surface area contributed by atoms with E-state index in [9.17, 15) is 0 Å². The normalized spacial score (nSPS) is 11.4. The Hall–Kier alpha value is -2.07. The molecule has 0 bridgehead atoms. The predicted molar refractivity (Wildman–Crippen MR) is 76.2 cm³/mol. The molecule has 0 aliphatic carbocycles. The summed E-state index contributed by atoms with van der Waals surface area (Å²) in [5.74, 6) is 0. The number of benzene rings is 1. The van der Waals surface area contributed by atoms with E-state index in [0.29, 0.717) is 0 Å². The average Bonchev–Trinajstić information content (AvgIpc) is 3.02. The molecule has 3 rings (SSSR count). The third-order valence-corrected chi connectivity index (χ3v) is 3.70. The minimum absolute atomic E-state index is 1.10. The second-order valence-electron chi connectivity index (χ2n) is 3.86. The molecular weight excluding hydrogens is 244 g/mol. The Balaban J connectivity index is 2.15. The van der Waals surface area contributed by atoms with Gasteiger partial charge in [-0.05, 0) is 17.5 Å². The first-order valence-corrected chi connectivity index (χ1v) is 6.48. The van der Waals surface area contributed by atoms with Gasteiger partial charge < -0.3 is 9.82 Å². The summed E-state index contributed by atoms with van der Waals surface area (Å²) in [4.78, 5) is 9.13. The van der Waals surface area contributed by atoms with E-state index in [0.717, 1.165) is 10.4 Å². The quantitative estimate of drug-likeness (QED) is 0.560. The first kappa shape index (κ1) is 11.0. The number of aromatic nitrogens is 1. The van der Waals surface area contributed by atoms with Gasteiger partial charge >= 0.3 is 0 Å². The lowest BCUT2D eigenvalue weighted by Gasteiger charge is -1.98. The van der Waals surface area contributed by atoms with Crippen LogP contribution >= 0.6 is 11.3 Å². The fraction of sp³-hybridized carbons (Fsp3) is 0.0714. The minimum Gasteiger partial charge on any atom is -0.399 e. The second-order valence-corrected chi connectivity index (χ2v) is 4.81. The Morgan fingerprint density at radius 1 is 1.22 bits per heavy atom. The number of rotatable bonds is 3. The molecule has 2 heterocycles. The zero-order chi connectivity index (χ0) is 12.4. The molecule has 18 heavy (non-hydrogen) atoms. The van der Waals surface area contributed by atoms with Crippen molar-refractivity contribution in [1.82, 2.24) is 4.98 Å². The summed E-state index contributed by atoms with van der Waals surface area (Å²) in [5.41, 5.74) is 3.52. The number of thiophene rings is 1. The van der Waals surface area contributed by atoms with Crippen molar-refractivity contribution in [3.8, 4) is 11.1 Å². The molecule has 0 atom stereocenters. The number of nitrogens with one attached hydrogen (secondary N) is 1. The molecule has 0 amide bonds. The third kappa shape index (κ3) is 1.80. The molecule has 4 heteroatoms. The van der Waals surface area contributed by atoms with E-state index in [1.165, 1.54) is 16.5 Å². The molecule has 90 valence electrons. The van der Waals surface area contributed by atoms with Gasteiger partial charge in [-0.15, -0.1) is 11.3 Å². The fourth-order valence-electron chi connectivity index (χ4n) is 2.04. The fourth-order valence-corrected chi connectivity index (χ4v) is 2.80. The summed E-state index contributed by atoms with van der Waals surface area (Å²) < 4.78 is 0. The summed E-state index contributed by atoms with van der Waals surface area (Å²) in [7, 11) is 1.55. The van der Waals surface area contributed by atoms with Crippen LogP contribution in [-0.4, -0.2) is 18.3 Å². The highest BCUT2D eigenvalue weighted by Gasteiger charge is 2.10. The third-order valence-electron chi connectivity index (χ3n) is 2.85. The van der Waals surface area contributed by atoms with E-state index < -0.39 is 0 Å². The van der Waals surface area contributed by atoms with Gasteiger partial charge in [0, 0.05) is 28.2 Å². The van der Waals surface area contributed by atoms with E-state index in [-0.39, 0.29) is 0 Å². The highest BCUT2D eigenvalue weighted by molar-refractivity contribution is 7.12. The maximum atomic E-state index is 4.74. The van der Waals surface area contributed by atoms with Gasteiger partial charge in [-0.1, -0.05) is 23.4 Å². The van der Waals surface area contributed by atoms with Crippen LogP contribution in [0.2, 0.25) is 0 Å². The molecule has 3 nitrogen and oxygen atoms in total. The molecule has 0 saturated carbocycles. The van der Waals surface area contributed by atoms with Crippen molar-refractivity contribution in [3.63, 3.8) is 0 Å². The van der Waals surface area contributed by atoms with Crippen LogP contribution in [0.15, 0.2) is 47.1 Å². The van der Waals surface area contributed by atoms with Gasteiger partial charge in [0.15, 0.2) is 0 Å². The van der Waals surface area contributed by atoms with Crippen LogP contribution in [0.25, 0.3) is 22.0 Å². The molecule has 0 fully saturated rings. The van der Waals surface area contributed by atoms with Crippen LogP contribution < -0.4 is 0 Å². The first-order valence-electron chi connectivity index (χ1n) is 5.60. The van der Waals surface area contributed by atoms with Crippen molar-refractivity contribution < 1.29 is 4.84 Å². The lowest BCUT2D eigenvalue weighted by molar-refractivity contribution is 0.215. The molecular formula is C14H12N2OS. The Morgan fingerprint density at radius 3 is 3.00 bits per heavy atom. The molecule has 3 aromatic rings. The van der Waals surface area contributed by atoms with Gasteiger partial charge in [0.25, 0.3) is 0 Å². The predicted octanol–water partition coefficient (Wildman–Crippen LogP) is 3.88.